The number of methoxy groups -OCH3 is 1. The van der Waals surface area contributed by atoms with Gasteiger partial charge in [-0.15, -0.1) is 0 Å². The third-order valence-electron chi connectivity index (χ3n) is 2.71. The highest BCUT2D eigenvalue weighted by atomic mass is 16.7. The van der Waals surface area contributed by atoms with Crippen molar-refractivity contribution in [1.29, 1.82) is 0 Å². The van der Waals surface area contributed by atoms with E-state index >= 15 is 0 Å². The number of esters is 1. The summed E-state index contributed by atoms with van der Waals surface area (Å²) in [6, 6.07) is 0. The van der Waals surface area contributed by atoms with Crippen LogP contribution in [0.1, 0.15) is 19.8 Å². The fourth-order valence-corrected chi connectivity index (χ4v) is 1.74. The zero-order valence-corrected chi connectivity index (χ0v) is 8.74. The van der Waals surface area contributed by atoms with E-state index in [1.165, 1.54) is 14.0 Å². The van der Waals surface area contributed by atoms with Crippen molar-refractivity contribution >= 4 is 11.7 Å². The Morgan fingerprint density at radius 2 is 2.33 bits per heavy atom. The highest BCUT2D eigenvalue weighted by molar-refractivity contribution is 6.22. The number of aliphatic hydroxyl groups excluding tert-OH is 1. The zero-order chi connectivity index (χ0) is 11.1. The van der Waals surface area contributed by atoms with Gasteiger partial charge in [0.15, 0.2) is 5.76 Å². The summed E-state index contributed by atoms with van der Waals surface area (Å²) in [4.78, 5) is 15.7. The lowest BCUT2D eigenvalue weighted by atomic mass is 10.1. The number of carbonyl (C=O) groups is 1. The normalized spacial score (nSPS) is 30.8. The van der Waals surface area contributed by atoms with E-state index in [-0.39, 0.29) is 11.3 Å². The van der Waals surface area contributed by atoms with E-state index in [9.17, 15) is 9.90 Å². The molecule has 0 saturated heterocycles. The highest BCUT2D eigenvalue weighted by Gasteiger charge is 2.46. The average molecular weight is 211 g/mol. The molecule has 0 spiro atoms. The molecule has 0 radical (unpaired) electrons. The minimum absolute atomic E-state index is 0.171. The van der Waals surface area contributed by atoms with Gasteiger partial charge in [-0.1, -0.05) is 0 Å². The Kier molecular flexibility index (Phi) is 2.26. The Morgan fingerprint density at radius 3 is 2.80 bits per heavy atom. The molecule has 0 fully saturated rings. The molecule has 2 aliphatic heterocycles. The molecule has 2 rings (SSSR count). The molecule has 0 aromatic carbocycles. The lowest BCUT2D eigenvalue weighted by molar-refractivity contribution is -0.193. The maximum absolute atomic E-state index is 11.5. The number of carbonyl (C=O) groups excluding carboxylic acids is 1. The van der Waals surface area contributed by atoms with E-state index in [4.69, 9.17) is 9.47 Å². The van der Waals surface area contributed by atoms with Crippen molar-refractivity contribution in [3.05, 3.63) is 11.3 Å². The molecule has 0 aromatic heterocycles. The summed E-state index contributed by atoms with van der Waals surface area (Å²) in [5, 5.41) is 9.87. The predicted octanol–water partition coefficient (Wildman–Crippen LogP) is 0.953. The summed E-state index contributed by atoms with van der Waals surface area (Å²) in [5.41, 5.74) is 0.801. The molecule has 1 N–H and O–H groups in total. The Hall–Kier alpha value is -1.36. The molecule has 2 heterocycles. The van der Waals surface area contributed by atoms with Crippen LogP contribution in [0.5, 0.6) is 0 Å². The van der Waals surface area contributed by atoms with Crippen molar-refractivity contribution in [3.8, 4) is 0 Å². The predicted molar refractivity (Wildman–Crippen MR) is 52.7 cm³/mol. The van der Waals surface area contributed by atoms with E-state index < -0.39 is 11.8 Å². The smallest absolute Gasteiger partial charge is 0.346 e. The van der Waals surface area contributed by atoms with Gasteiger partial charge in [0.2, 0.25) is 0 Å². The maximum Gasteiger partial charge on any atom is 0.346 e. The summed E-state index contributed by atoms with van der Waals surface area (Å²) < 4.78 is 9.93. The molecule has 0 aromatic rings. The van der Waals surface area contributed by atoms with Gasteiger partial charge in [-0.05, 0) is 12.8 Å². The van der Waals surface area contributed by atoms with Crippen LogP contribution in [0.15, 0.2) is 16.3 Å². The molecule has 1 atom stereocenters. The van der Waals surface area contributed by atoms with Crippen molar-refractivity contribution in [2.24, 2.45) is 4.99 Å². The van der Waals surface area contributed by atoms with Gasteiger partial charge >= 0.3 is 5.97 Å². The molecule has 82 valence electrons. The monoisotopic (exact) mass is 211 g/mol. The molecule has 0 bridgehead atoms. The van der Waals surface area contributed by atoms with Crippen LogP contribution < -0.4 is 0 Å². The molecule has 0 saturated carbocycles. The lowest BCUT2D eigenvalue weighted by Gasteiger charge is -2.20. The Bertz CT molecular complexity index is 372. The first-order valence-corrected chi connectivity index (χ1v) is 4.84. The van der Waals surface area contributed by atoms with Crippen LogP contribution in [-0.4, -0.2) is 36.2 Å². The number of aliphatic hydroxyl groups is 1. The Morgan fingerprint density at radius 1 is 1.60 bits per heavy atom. The van der Waals surface area contributed by atoms with Gasteiger partial charge in [-0.2, -0.15) is 0 Å². The molecule has 5 heteroatoms. The number of hydrogen-bond donors (Lipinski definition) is 1. The van der Waals surface area contributed by atoms with Crippen molar-refractivity contribution in [1.82, 2.24) is 0 Å². The number of rotatable bonds is 2. The Balaban J connectivity index is 2.41. The molecule has 1 unspecified atom stereocenters. The third kappa shape index (κ3) is 1.43. The topological polar surface area (TPSA) is 68.1 Å². The van der Waals surface area contributed by atoms with E-state index in [1.807, 2.05) is 0 Å². The summed E-state index contributed by atoms with van der Waals surface area (Å²) in [6.07, 6.45) is 1.61. The first-order valence-electron chi connectivity index (χ1n) is 4.84. The SMILES string of the molecule is COC1(C)OC(=O)C(C2=NCCC2)=C1O. The van der Waals surface area contributed by atoms with Gasteiger partial charge in [0.1, 0.15) is 5.57 Å². The van der Waals surface area contributed by atoms with Gasteiger partial charge in [-0.3, -0.25) is 4.99 Å². The number of nitrogens with zero attached hydrogens (tertiary/aromatic N) is 1. The number of hydrogen-bond acceptors (Lipinski definition) is 5. The van der Waals surface area contributed by atoms with Gasteiger partial charge in [0, 0.05) is 20.6 Å². The summed E-state index contributed by atoms with van der Waals surface area (Å²) >= 11 is 0. The summed E-state index contributed by atoms with van der Waals surface area (Å²) in [5.74, 6) is -2.08. The molecular formula is C10H13NO4. The first kappa shape index (κ1) is 10.2. The molecule has 5 nitrogen and oxygen atoms in total. The van der Waals surface area contributed by atoms with Gasteiger partial charge < -0.3 is 14.6 Å². The zero-order valence-electron chi connectivity index (χ0n) is 8.74. The van der Waals surface area contributed by atoms with Crippen LogP contribution in [-0.2, 0) is 14.3 Å². The van der Waals surface area contributed by atoms with Crippen LogP contribution >= 0.6 is 0 Å². The molecule has 0 amide bonds. The van der Waals surface area contributed by atoms with E-state index in [0.717, 1.165) is 6.42 Å². The van der Waals surface area contributed by atoms with Crippen LogP contribution in [0.25, 0.3) is 0 Å². The second-order valence-electron chi connectivity index (χ2n) is 3.69. The van der Waals surface area contributed by atoms with Crippen LogP contribution in [0.3, 0.4) is 0 Å². The molecule has 2 aliphatic rings. The highest BCUT2D eigenvalue weighted by Crippen LogP contribution is 2.33. The quantitative estimate of drug-likeness (QED) is 0.690. The maximum atomic E-state index is 11.5. The van der Waals surface area contributed by atoms with Crippen molar-refractivity contribution in [2.45, 2.75) is 25.6 Å². The van der Waals surface area contributed by atoms with E-state index in [1.54, 1.807) is 0 Å². The largest absolute Gasteiger partial charge is 0.505 e. The molecular weight excluding hydrogens is 198 g/mol. The van der Waals surface area contributed by atoms with Crippen LogP contribution in [0.2, 0.25) is 0 Å². The van der Waals surface area contributed by atoms with Crippen LogP contribution in [0.4, 0.5) is 0 Å². The number of cyclic esters (lactones) is 1. The van der Waals surface area contributed by atoms with Gasteiger partial charge in [0.25, 0.3) is 5.79 Å². The Labute approximate surface area is 87.4 Å². The molecule has 0 aliphatic carbocycles. The number of aliphatic imine (C=N–C) groups is 1. The first-order chi connectivity index (χ1) is 7.08. The van der Waals surface area contributed by atoms with E-state index in [0.29, 0.717) is 18.7 Å². The number of ether oxygens (including phenoxy) is 2. The second-order valence-corrected chi connectivity index (χ2v) is 3.69. The standard InChI is InChI=1S/C10H13NO4/c1-10(14-2)8(12)7(9(13)15-10)6-4-3-5-11-6/h12H,3-5H2,1-2H3. The van der Waals surface area contributed by atoms with E-state index in [2.05, 4.69) is 4.99 Å². The van der Waals surface area contributed by atoms with Crippen molar-refractivity contribution in [3.63, 3.8) is 0 Å². The fourth-order valence-electron chi connectivity index (χ4n) is 1.74. The van der Waals surface area contributed by atoms with Crippen molar-refractivity contribution < 1.29 is 19.4 Å². The molecule has 15 heavy (non-hydrogen) atoms. The lowest BCUT2D eigenvalue weighted by Crippen LogP contribution is -2.30. The van der Waals surface area contributed by atoms with Gasteiger partial charge in [0.05, 0.1) is 5.71 Å². The third-order valence-corrected chi connectivity index (χ3v) is 2.71. The van der Waals surface area contributed by atoms with Gasteiger partial charge in [-0.25, -0.2) is 4.79 Å². The second kappa shape index (κ2) is 3.34. The summed E-state index contributed by atoms with van der Waals surface area (Å²) in [7, 11) is 1.38. The van der Waals surface area contributed by atoms with Crippen molar-refractivity contribution in [2.75, 3.05) is 13.7 Å². The fraction of sp³-hybridized carbons (Fsp3) is 0.600. The summed E-state index contributed by atoms with van der Waals surface area (Å²) in [6.45, 7) is 2.20. The minimum atomic E-state index is -1.35. The average Bonchev–Trinajstić information content (AvgIpc) is 2.76. The van der Waals surface area contributed by atoms with Crippen LogP contribution in [0, 0.1) is 0 Å². The minimum Gasteiger partial charge on any atom is -0.505 e.